The molecule has 7 nitrogen and oxygen atoms in total. The van der Waals surface area contributed by atoms with E-state index in [-0.39, 0.29) is 17.9 Å². The summed E-state index contributed by atoms with van der Waals surface area (Å²) >= 11 is 0. The van der Waals surface area contributed by atoms with E-state index in [2.05, 4.69) is 0 Å². The van der Waals surface area contributed by atoms with Crippen molar-refractivity contribution >= 4 is 17.4 Å². The van der Waals surface area contributed by atoms with Gasteiger partial charge in [0.15, 0.2) is 0 Å². The Morgan fingerprint density at radius 1 is 0.968 bits per heavy atom. The lowest BCUT2D eigenvalue weighted by Crippen LogP contribution is -2.29. The Labute approximate surface area is 179 Å². The molecule has 0 unspecified atom stereocenters. The maximum Gasteiger partial charge on any atom is 0.296 e. The smallest absolute Gasteiger partial charge is 0.296 e. The van der Waals surface area contributed by atoms with Crippen molar-refractivity contribution in [3.05, 3.63) is 89.4 Å². The van der Waals surface area contributed by atoms with E-state index in [1.807, 2.05) is 0 Å². The van der Waals surface area contributed by atoms with Gasteiger partial charge in [0.2, 0.25) is 0 Å². The van der Waals surface area contributed by atoms with Crippen LogP contribution in [0.5, 0.6) is 11.5 Å². The number of furan rings is 1. The number of carbonyl (C=O) groups excluding carboxylic acids is 2. The molecule has 158 valence electrons. The van der Waals surface area contributed by atoms with Crippen molar-refractivity contribution in [1.29, 1.82) is 0 Å². The SMILES string of the molecule is COc1ccc(C(O)=C2C(=O)C(=O)N(Cc3ccco3)[C@@H]2c2ccc(OC)cc2)cc1. The summed E-state index contributed by atoms with van der Waals surface area (Å²) in [5, 5.41) is 11.0. The highest BCUT2D eigenvalue weighted by Gasteiger charge is 2.46. The van der Waals surface area contributed by atoms with Crippen molar-refractivity contribution in [2.75, 3.05) is 14.2 Å². The van der Waals surface area contributed by atoms with E-state index in [4.69, 9.17) is 13.9 Å². The first kappa shape index (κ1) is 20.3. The second-order valence-electron chi connectivity index (χ2n) is 7.01. The first-order chi connectivity index (χ1) is 15.0. The van der Waals surface area contributed by atoms with Crippen LogP contribution in [0.1, 0.15) is 22.9 Å². The van der Waals surface area contributed by atoms with E-state index in [0.29, 0.717) is 28.4 Å². The number of rotatable bonds is 6. The average Bonchev–Trinajstić information content (AvgIpc) is 3.41. The van der Waals surface area contributed by atoms with Crippen molar-refractivity contribution in [3.8, 4) is 11.5 Å². The van der Waals surface area contributed by atoms with Crippen molar-refractivity contribution in [2.45, 2.75) is 12.6 Å². The summed E-state index contributed by atoms with van der Waals surface area (Å²) in [4.78, 5) is 27.3. The highest BCUT2D eigenvalue weighted by molar-refractivity contribution is 6.46. The third-order valence-corrected chi connectivity index (χ3v) is 5.24. The van der Waals surface area contributed by atoms with E-state index in [1.165, 1.54) is 11.2 Å². The molecule has 1 fully saturated rings. The zero-order valence-corrected chi connectivity index (χ0v) is 17.1. The minimum atomic E-state index is -0.780. The van der Waals surface area contributed by atoms with Gasteiger partial charge >= 0.3 is 0 Å². The minimum absolute atomic E-state index is 0.0203. The van der Waals surface area contributed by atoms with E-state index in [0.717, 1.165) is 0 Å². The van der Waals surface area contributed by atoms with Gasteiger partial charge < -0.3 is 23.9 Å². The van der Waals surface area contributed by atoms with Gasteiger partial charge in [0, 0.05) is 5.56 Å². The van der Waals surface area contributed by atoms with Crippen LogP contribution in [-0.4, -0.2) is 35.9 Å². The third kappa shape index (κ3) is 3.77. The number of aliphatic hydroxyl groups is 1. The van der Waals surface area contributed by atoms with Crippen LogP contribution in [0.3, 0.4) is 0 Å². The molecule has 2 aromatic carbocycles. The Hall–Kier alpha value is -4.00. The van der Waals surface area contributed by atoms with Crippen LogP contribution in [0.15, 0.2) is 76.9 Å². The van der Waals surface area contributed by atoms with Crippen LogP contribution in [0.25, 0.3) is 5.76 Å². The molecule has 31 heavy (non-hydrogen) atoms. The summed E-state index contributed by atoms with van der Waals surface area (Å²) in [5.41, 5.74) is 1.10. The number of methoxy groups -OCH3 is 2. The quantitative estimate of drug-likeness (QED) is 0.370. The highest BCUT2D eigenvalue weighted by atomic mass is 16.5. The monoisotopic (exact) mass is 419 g/mol. The number of amides is 1. The first-order valence-electron chi connectivity index (χ1n) is 9.62. The van der Waals surface area contributed by atoms with Crippen LogP contribution in [0.2, 0.25) is 0 Å². The lowest BCUT2D eigenvalue weighted by molar-refractivity contribution is -0.140. The summed E-state index contributed by atoms with van der Waals surface area (Å²) in [6.07, 6.45) is 1.51. The van der Waals surface area contributed by atoms with Crippen LogP contribution >= 0.6 is 0 Å². The molecule has 1 N–H and O–H groups in total. The molecule has 4 rings (SSSR count). The standard InChI is InChI=1S/C24H21NO6/c1-29-17-9-5-15(6-10-17)21-20(22(26)16-7-11-18(30-2)12-8-16)23(27)24(28)25(21)14-19-4-3-13-31-19/h3-13,21,26H,14H2,1-2H3/t21-/m1/s1. The fraction of sp³-hybridized carbons (Fsp3) is 0.167. The van der Waals surface area contributed by atoms with Gasteiger partial charge in [0.1, 0.15) is 23.0 Å². The third-order valence-electron chi connectivity index (χ3n) is 5.24. The first-order valence-corrected chi connectivity index (χ1v) is 9.62. The number of hydrogen-bond acceptors (Lipinski definition) is 6. The topological polar surface area (TPSA) is 89.2 Å². The molecule has 1 atom stereocenters. The predicted octanol–water partition coefficient (Wildman–Crippen LogP) is 3.92. The number of nitrogens with zero attached hydrogens (tertiary/aromatic N) is 1. The second kappa shape index (κ2) is 8.39. The van der Waals surface area contributed by atoms with Gasteiger partial charge in [0.05, 0.1) is 38.6 Å². The summed E-state index contributed by atoms with van der Waals surface area (Å²) in [7, 11) is 3.10. The number of hydrogen-bond donors (Lipinski definition) is 1. The van der Waals surface area contributed by atoms with Crippen LogP contribution in [-0.2, 0) is 16.1 Å². The molecule has 0 aliphatic carbocycles. The number of carbonyl (C=O) groups is 2. The minimum Gasteiger partial charge on any atom is -0.507 e. The Kier molecular flexibility index (Phi) is 5.49. The Bertz CT molecular complexity index is 1110. The van der Waals surface area contributed by atoms with Crippen molar-refractivity contribution < 1.29 is 28.6 Å². The summed E-state index contributed by atoms with van der Waals surface area (Å²) in [6, 6.07) is 16.3. The zero-order chi connectivity index (χ0) is 22.0. The van der Waals surface area contributed by atoms with Gasteiger partial charge in [0.25, 0.3) is 11.7 Å². The molecule has 1 amide bonds. The number of ether oxygens (including phenoxy) is 2. The van der Waals surface area contributed by atoms with Crippen molar-refractivity contribution in [3.63, 3.8) is 0 Å². The summed E-state index contributed by atoms with van der Waals surface area (Å²) < 4.78 is 15.8. The van der Waals surface area contributed by atoms with Gasteiger partial charge in [-0.1, -0.05) is 12.1 Å². The highest BCUT2D eigenvalue weighted by Crippen LogP contribution is 2.40. The number of aliphatic hydroxyl groups excluding tert-OH is 1. The van der Waals surface area contributed by atoms with E-state index in [9.17, 15) is 14.7 Å². The molecule has 7 heteroatoms. The molecule has 1 saturated heterocycles. The zero-order valence-electron chi connectivity index (χ0n) is 17.1. The Morgan fingerprint density at radius 2 is 1.58 bits per heavy atom. The molecular formula is C24H21NO6. The maximum atomic E-state index is 13.0. The largest absolute Gasteiger partial charge is 0.507 e. The normalized spacial score (nSPS) is 17.7. The fourth-order valence-electron chi connectivity index (χ4n) is 3.65. The van der Waals surface area contributed by atoms with E-state index < -0.39 is 17.7 Å². The lowest BCUT2D eigenvalue weighted by Gasteiger charge is -2.24. The molecule has 2 heterocycles. The maximum absolute atomic E-state index is 13.0. The van der Waals surface area contributed by atoms with Gasteiger partial charge in [-0.25, -0.2) is 0 Å². The molecule has 0 bridgehead atoms. The molecule has 0 saturated carbocycles. The molecular weight excluding hydrogens is 398 g/mol. The van der Waals surface area contributed by atoms with Crippen LogP contribution < -0.4 is 9.47 Å². The Balaban J connectivity index is 1.83. The molecule has 1 aliphatic heterocycles. The van der Waals surface area contributed by atoms with E-state index >= 15 is 0 Å². The number of ketones is 1. The molecule has 1 aliphatic rings. The molecule has 1 aromatic heterocycles. The fourth-order valence-corrected chi connectivity index (χ4v) is 3.65. The van der Waals surface area contributed by atoms with E-state index in [1.54, 1.807) is 74.9 Å². The predicted molar refractivity (Wildman–Crippen MR) is 113 cm³/mol. The van der Waals surface area contributed by atoms with Gasteiger partial charge in [-0.05, 0) is 54.1 Å². The number of benzene rings is 2. The number of Topliss-reactive ketones (excluding diaryl/α,β-unsaturated/α-hetero) is 1. The molecule has 0 spiro atoms. The summed E-state index contributed by atoms with van der Waals surface area (Å²) in [5.74, 6) is 0.0880. The second-order valence-corrected chi connectivity index (χ2v) is 7.01. The van der Waals surface area contributed by atoms with Gasteiger partial charge in [-0.3, -0.25) is 9.59 Å². The lowest BCUT2D eigenvalue weighted by atomic mass is 9.95. The average molecular weight is 419 g/mol. The summed E-state index contributed by atoms with van der Waals surface area (Å²) in [6.45, 7) is 0.0909. The molecule has 0 radical (unpaired) electrons. The van der Waals surface area contributed by atoms with Crippen molar-refractivity contribution in [2.24, 2.45) is 0 Å². The van der Waals surface area contributed by atoms with Gasteiger partial charge in [-0.15, -0.1) is 0 Å². The van der Waals surface area contributed by atoms with Crippen LogP contribution in [0.4, 0.5) is 0 Å². The van der Waals surface area contributed by atoms with Gasteiger partial charge in [-0.2, -0.15) is 0 Å². The van der Waals surface area contributed by atoms with Crippen LogP contribution in [0, 0.1) is 0 Å². The van der Waals surface area contributed by atoms with Crippen molar-refractivity contribution in [1.82, 2.24) is 4.90 Å². The molecule has 3 aromatic rings. The Morgan fingerprint density at radius 3 is 2.13 bits per heavy atom. The number of likely N-dealkylation sites (tertiary alicyclic amines) is 1.